The Balaban J connectivity index is 5.23. The summed E-state index contributed by atoms with van der Waals surface area (Å²) < 4.78 is 68.1. The standard InChI is InChI=1S/C68H132O17P2/c1-7-9-11-13-15-17-18-19-20-23-26-33-39-45-51-66(71)79-57-64(84-67(72)52-46-40-34-27-24-21-22-25-30-36-42-48-60(3)4)59-83-87(76,77)81-55-62(69)54-80-86(74,75)82-58-63(56-78-65(70)50-44-38-32-16-14-12-10-8-2)85-68(73)53-47-41-35-29-28-31-37-43-49-61(5)6/h60-64,69H,7-59H2,1-6H3,(H,74,75)(H,76,77)/t62-,63+,64+/m0/s1. The van der Waals surface area contributed by atoms with Crippen LogP contribution < -0.4 is 0 Å². The first kappa shape index (κ1) is 85.1. The van der Waals surface area contributed by atoms with E-state index in [2.05, 4.69) is 41.5 Å². The lowest BCUT2D eigenvalue weighted by molar-refractivity contribution is -0.161. The highest BCUT2D eigenvalue weighted by molar-refractivity contribution is 7.47. The van der Waals surface area contributed by atoms with E-state index in [1.807, 2.05) is 0 Å². The van der Waals surface area contributed by atoms with E-state index in [-0.39, 0.29) is 25.7 Å². The maximum absolute atomic E-state index is 13.0. The number of hydrogen-bond acceptors (Lipinski definition) is 15. The molecule has 3 N–H and O–H groups in total. The van der Waals surface area contributed by atoms with Gasteiger partial charge in [0.15, 0.2) is 12.2 Å². The van der Waals surface area contributed by atoms with Gasteiger partial charge in [-0.1, -0.05) is 292 Å². The zero-order chi connectivity index (χ0) is 64.3. The average Bonchev–Trinajstić information content (AvgIpc) is 3.62. The maximum Gasteiger partial charge on any atom is 0.472 e. The van der Waals surface area contributed by atoms with Crippen LogP contribution in [-0.4, -0.2) is 96.7 Å². The maximum atomic E-state index is 13.0. The molecule has 87 heavy (non-hydrogen) atoms. The average molecular weight is 1280 g/mol. The Labute approximate surface area is 530 Å². The zero-order valence-electron chi connectivity index (χ0n) is 56.3. The lowest BCUT2D eigenvalue weighted by atomic mass is 10.0. The van der Waals surface area contributed by atoms with Crippen molar-refractivity contribution >= 4 is 39.5 Å². The summed E-state index contributed by atoms with van der Waals surface area (Å²) in [5.74, 6) is -0.646. The fourth-order valence-electron chi connectivity index (χ4n) is 10.2. The number of carbonyl (C=O) groups excluding carboxylic acids is 4. The van der Waals surface area contributed by atoms with Crippen molar-refractivity contribution < 1.29 is 80.2 Å². The minimum Gasteiger partial charge on any atom is -0.462 e. The predicted molar refractivity (Wildman–Crippen MR) is 349 cm³/mol. The first-order valence-corrected chi connectivity index (χ1v) is 38.5. The summed E-state index contributed by atoms with van der Waals surface area (Å²) in [7, 11) is -9.89. The number of phosphoric acid groups is 2. The molecular formula is C68H132O17P2. The molecule has 0 bridgehead atoms. The Hall–Kier alpha value is -1.94. The minimum atomic E-state index is -4.95. The Kier molecular flexibility index (Phi) is 59.0. The number of ether oxygens (including phenoxy) is 4. The van der Waals surface area contributed by atoms with Crippen molar-refractivity contribution in [3.63, 3.8) is 0 Å². The van der Waals surface area contributed by atoms with Crippen molar-refractivity contribution in [2.75, 3.05) is 39.6 Å². The van der Waals surface area contributed by atoms with Crippen LogP contribution in [0.5, 0.6) is 0 Å². The van der Waals surface area contributed by atoms with Gasteiger partial charge in [0.25, 0.3) is 0 Å². The number of carbonyl (C=O) groups is 4. The molecule has 0 amide bonds. The summed E-state index contributed by atoms with van der Waals surface area (Å²) in [6.07, 6.45) is 44.5. The number of unbranched alkanes of at least 4 members (excludes halogenated alkanes) is 37. The molecule has 19 heteroatoms. The van der Waals surface area contributed by atoms with Crippen molar-refractivity contribution in [2.45, 2.75) is 362 Å². The predicted octanol–water partition coefficient (Wildman–Crippen LogP) is 19.2. The lowest BCUT2D eigenvalue weighted by Crippen LogP contribution is -2.30. The third-order valence-corrected chi connectivity index (χ3v) is 17.6. The van der Waals surface area contributed by atoms with Crippen LogP contribution in [0, 0.1) is 11.8 Å². The van der Waals surface area contributed by atoms with Gasteiger partial charge in [0.2, 0.25) is 0 Å². The molecule has 0 rings (SSSR count). The summed E-state index contributed by atoms with van der Waals surface area (Å²) in [6.45, 7) is 9.47. The normalized spacial score (nSPS) is 14.2. The molecule has 0 radical (unpaired) electrons. The Morgan fingerprint density at radius 2 is 0.529 bits per heavy atom. The van der Waals surface area contributed by atoms with Crippen molar-refractivity contribution in [1.29, 1.82) is 0 Å². The molecule has 5 atom stereocenters. The van der Waals surface area contributed by atoms with E-state index >= 15 is 0 Å². The monoisotopic (exact) mass is 1280 g/mol. The fraction of sp³-hybridized carbons (Fsp3) is 0.941. The number of aliphatic hydroxyl groups excluding tert-OH is 1. The summed E-state index contributed by atoms with van der Waals surface area (Å²) >= 11 is 0. The molecule has 0 aromatic heterocycles. The molecule has 516 valence electrons. The topological polar surface area (TPSA) is 237 Å². The van der Waals surface area contributed by atoms with Gasteiger partial charge >= 0.3 is 39.5 Å². The second kappa shape index (κ2) is 60.3. The summed E-state index contributed by atoms with van der Waals surface area (Å²) in [4.78, 5) is 72.4. The van der Waals surface area contributed by atoms with E-state index < -0.39 is 97.5 Å². The van der Waals surface area contributed by atoms with Crippen molar-refractivity contribution in [2.24, 2.45) is 11.8 Å². The number of phosphoric ester groups is 2. The van der Waals surface area contributed by atoms with Gasteiger partial charge < -0.3 is 33.8 Å². The van der Waals surface area contributed by atoms with E-state index in [4.69, 9.17) is 37.0 Å². The van der Waals surface area contributed by atoms with Crippen LogP contribution in [0.4, 0.5) is 0 Å². The lowest BCUT2D eigenvalue weighted by Gasteiger charge is -2.21. The summed E-state index contributed by atoms with van der Waals surface area (Å²) in [5, 5.41) is 10.6. The van der Waals surface area contributed by atoms with Crippen LogP contribution in [0.3, 0.4) is 0 Å². The van der Waals surface area contributed by atoms with Gasteiger partial charge in [-0.3, -0.25) is 37.3 Å². The highest BCUT2D eigenvalue weighted by Crippen LogP contribution is 2.45. The Morgan fingerprint density at radius 1 is 0.310 bits per heavy atom. The first-order valence-electron chi connectivity index (χ1n) is 35.5. The smallest absolute Gasteiger partial charge is 0.462 e. The molecule has 0 saturated heterocycles. The molecule has 0 aromatic rings. The van der Waals surface area contributed by atoms with Gasteiger partial charge in [-0.15, -0.1) is 0 Å². The van der Waals surface area contributed by atoms with E-state index in [1.54, 1.807) is 0 Å². The largest absolute Gasteiger partial charge is 0.472 e. The summed E-state index contributed by atoms with van der Waals surface area (Å²) in [6, 6.07) is 0. The van der Waals surface area contributed by atoms with Crippen LogP contribution in [0.1, 0.15) is 343 Å². The molecular weight excluding hydrogens is 1150 g/mol. The molecule has 0 heterocycles. The molecule has 0 aliphatic rings. The SMILES string of the molecule is CCCCCCCCCCCCCCCCC(=O)OC[C@H](COP(=O)(O)OC[C@@H](O)COP(=O)(O)OC[C@@H](COC(=O)CCCCCCCCCC)OC(=O)CCCCCCCCCCC(C)C)OC(=O)CCCCCCCCCCCCCC(C)C. The second-order valence-corrected chi connectivity index (χ2v) is 28.4. The molecule has 0 saturated carbocycles. The number of hydrogen-bond donors (Lipinski definition) is 3. The van der Waals surface area contributed by atoms with Crippen LogP contribution in [-0.2, 0) is 65.4 Å². The van der Waals surface area contributed by atoms with Crippen LogP contribution in [0.25, 0.3) is 0 Å². The van der Waals surface area contributed by atoms with Crippen molar-refractivity contribution in [1.82, 2.24) is 0 Å². The van der Waals surface area contributed by atoms with Crippen LogP contribution in [0.2, 0.25) is 0 Å². The van der Waals surface area contributed by atoms with Gasteiger partial charge in [-0.25, -0.2) is 9.13 Å². The molecule has 2 unspecified atom stereocenters. The first-order chi connectivity index (χ1) is 41.9. The van der Waals surface area contributed by atoms with Gasteiger partial charge in [-0.05, 0) is 37.5 Å². The molecule has 0 fully saturated rings. The Bertz CT molecular complexity index is 1700. The van der Waals surface area contributed by atoms with Crippen molar-refractivity contribution in [3.8, 4) is 0 Å². The molecule has 0 spiro atoms. The van der Waals surface area contributed by atoms with E-state index in [0.29, 0.717) is 25.7 Å². The van der Waals surface area contributed by atoms with Crippen molar-refractivity contribution in [3.05, 3.63) is 0 Å². The minimum absolute atomic E-state index is 0.104. The molecule has 0 aliphatic carbocycles. The number of esters is 4. The second-order valence-electron chi connectivity index (χ2n) is 25.5. The number of rotatable bonds is 67. The fourth-order valence-corrected chi connectivity index (χ4v) is 11.8. The zero-order valence-corrected chi connectivity index (χ0v) is 58.1. The summed E-state index contributed by atoms with van der Waals surface area (Å²) in [5.41, 5.74) is 0. The molecule has 0 aromatic carbocycles. The number of aliphatic hydroxyl groups is 1. The quantitative estimate of drug-likeness (QED) is 0.0222. The van der Waals surface area contributed by atoms with Crippen LogP contribution in [0.15, 0.2) is 0 Å². The van der Waals surface area contributed by atoms with E-state index in [1.165, 1.54) is 154 Å². The molecule has 17 nitrogen and oxygen atoms in total. The van der Waals surface area contributed by atoms with E-state index in [9.17, 15) is 43.2 Å². The van der Waals surface area contributed by atoms with Gasteiger partial charge in [0.1, 0.15) is 19.3 Å². The third kappa shape index (κ3) is 62.6. The van der Waals surface area contributed by atoms with Gasteiger partial charge in [0, 0.05) is 25.7 Å². The van der Waals surface area contributed by atoms with Crippen LogP contribution >= 0.6 is 15.6 Å². The van der Waals surface area contributed by atoms with E-state index in [0.717, 1.165) is 108 Å². The highest BCUT2D eigenvalue weighted by Gasteiger charge is 2.30. The Morgan fingerprint density at radius 3 is 0.782 bits per heavy atom. The molecule has 0 aliphatic heterocycles. The van der Waals surface area contributed by atoms with Gasteiger partial charge in [0.05, 0.1) is 26.4 Å². The highest BCUT2D eigenvalue weighted by atomic mass is 31.2. The van der Waals surface area contributed by atoms with Gasteiger partial charge in [-0.2, -0.15) is 0 Å². The third-order valence-electron chi connectivity index (χ3n) is 15.7.